The van der Waals surface area contributed by atoms with E-state index in [0.29, 0.717) is 42.3 Å². The summed E-state index contributed by atoms with van der Waals surface area (Å²) < 4.78 is 17.1. The first kappa shape index (κ1) is 25.4. The smallest absolute Gasteiger partial charge is 0.277 e. The number of ether oxygens (including phenoxy) is 3. The average molecular weight is 552 g/mol. The van der Waals surface area contributed by atoms with Crippen molar-refractivity contribution in [1.29, 1.82) is 0 Å². The van der Waals surface area contributed by atoms with Crippen LogP contribution in [0.4, 0.5) is 0 Å². The van der Waals surface area contributed by atoms with Crippen LogP contribution in [-0.4, -0.2) is 62.4 Å². The van der Waals surface area contributed by atoms with Crippen molar-refractivity contribution in [2.45, 2.75) is 0 Å². The highest BCUT2D eigenvalue weighted by Crippen LogP contribution is 2.26. The van der Waals surface area contributed by atoms with Crippen molar-refractivity contribution in [3.05, 3.63) is 82.8 Å². The van der Waals surface area contributed by atoms with Gasteiger partial charge in [-0.25, -0.2) is 5.43 Å². The lowest BCUT2D eigenvalue weighted by Crippen LogP contribution is -2.43. The summed E-state index contributed by atoms with van der Waals surface area (Å²) in [6.07, 6.45) is 1.51. The Morgan fingerprint density at radius 2 is 1.67 bits per heavy atom. The molecule has 1 fully saturated rings. The van der Waals surface area contributed by atoms with Crippen LogP contribution in [0.25, 0.3) is 11.1 Å². The number of benzene rings is 3. The summed E-state index contributed by atoms with van der Waals surface area (Å²) >= 11 is 3.45. The molecule has 0 aliphatic carbocycles. The number of halogens is 1. The number of rotatable bonds is 9. The first-order valence-electron chi connectivity index (χ1n) is 11.5. The number of hydrazone groups is 1. The summed E-state index contributed by atoms with van der Waals surface area (Å²) in [4.78, 5) is 26.0. The number of morpholine rings is 1. The van der Waals surface area contributed by atoms with Crippen LogP contribution in [0.1, 0.15) is 5.56 Å². The maximum atomic E-state index is 12.2. The molecule has 0 atom stereocenters. The van der Waals surface area contributed by atoms with Crippen LogP contribution in [0.3, 0.4) is 0 Å². The summed E-state index contributed by atoms with van der Waals surface area (Å²) in [5.41, 5.74) is 5.38. The van der Waals surface area contributed by atoms with Crippen LogP contribution in [0.2, 0.25) is 0 Å². The van der Waals surface area contributed by atoms with Crippen molar-refractivity contribution in [3.8, 4) is 22.6 Å². The van der Waals surface area contributed by atoms with Gasteiger partial charge in [-0.1, -0.05) is 42.5 Å². The molecule has 1 saturated heterocycles. The van der Waals surface area contributed by atoms with Crippen LogP contribution < -0.4 is 14.9 Å². The molecule has 8 nitrogen and oxygen atoms in total. The molecule has 9 heteroatoms. The van der Waals surface area contributed by atoms with E-state index in [4.69, 9.17) is 14.2 Å². The summed E-state index contributed by atoms with van der Waals surface area (Å²) in [7, 11) is 0. The van der Waals surface area contributed by atoms with Gasteiger partial charge in [-0.05, 0) is 63.0 Å². The van der Waals surface area contributed by atoms with E-state index in [9.17, 15) is 9.59 Å². The van der Waals surface area contributed by atoms with E-state index in [2.05, 4.69) is 26.5 Å². The third kappa shape index (κ3) is 7.40. The zero-order chi connectivity index (χ0) is 25.2. The lowest BCUT2D eigenvalue weighted by Gasteiger charge is -2.26. The molecular formula is C27H26BrN3O5. The number of carbonyl (C=O) groups is 2. The predicted molar refractivity (Wildman–Crippen MR) is 140 cm³/mol. The number of nitrogens with one attached hydrogen (secondary N) is 1. The predicted octanol–water partition coefficient (Wildman–Crippen LogP) is 3.88. The summed E-state index contributed by atoms with van der Waals surface area (Å²) in [6, 6.07) is 22.9. The van der Waals surface area contributed by atoms with E-state index in [1.807, 2.05) is 54.6 Å². The van der Waals surface area contributed by atoms with Crippen molar-refractivity contribution in [2.24, 2.45) is 5.10 Å². The van der Waals surface area contributed by atoms with Crippen molar-refractivity contribution < 1.29 is 23.8 Å². The largest absolute Gasteiger partial charge is 0.484 e. The van der Waals surface area contributed by atoms with Crippen LogP contribution in [0.15, 0.2) is 82.4 Å². The van der Waals surface area contributed by atoms with Gasteiger partial charge in [0.25, 0.3) is 11.8 Å². The fourth-order valence-electron chi connectivity index (χ4n) is 3.49. The second-order valence-electron chi connectivity index (χ2n) is 7.94. The monoisotopic (exact) mass is 551 g/mol. The van der Waals surface area contributed by atoms with Gasteiger partial charge in [0.15, 0.2) is 13.2 Å². The molecule has 36 heavy (non-hydrogen) atoms. The number of hydrogen-bond acceptors (Lipinski definition) is 6. The molecule has 0 aromatic heterocycles. The van der Waals surface area contributed by atoms with Gasteiger partial charge in [-0.3, -0.25) is 9.59 Å². The van der Waals surface area contributed by atoms with E-state index in [-0.39, 0.29) is 25.0 Å². The first-order chi connectivity index (χ1) is 17.6. The lowest BCUT2D eigenvalue weighted by molar-refractivity contribution is -0.137. The van der Waals surface area contributed by atoms with Gasteiger partial charge in [-0.2, -0.15) is 5.10 Å². The Hall–Kier alpha value is -3.69. The highest BCUT2D eigenvalue weighted by atomic mass is 79.9. The fourth-order valence-corrected chi connectivity index (χ4v) is 4.00. The van der Waals surface area contributed by atoms with Crippen LogP contribution in [0, 0.1) is 0 Å². The highest BCUT2D eigenvalue weighted by molar-refractivity contribution is 9.10. The fraction of sp³-hybridized carbons (Fsp3) is 0.222. The molecule has 0 spiro atoms. The molecule has 0 bridgehead atoms. The van der Waals surface area contributed by atoms with E-state index >= 15 is 0 Å². The maximum absolute atomic E-state index is 12.2. The summed E-state index contributed by atoms with van der Waals surface area (Å²) in [5.74, 6) is 0.692. The Balaban J connectivity index is 1.20. The quantitative estimate of drug-likeness (QED) is 0.322. The molecule has 1 aliphatic heterocycles. The van der Waals surface area contributed by atoms with Gasteiger partial charge < -0.3 is 19.1 Å². The van der Waals surface area contributed by atoms with Gasteiger partial charge in [-0.15, -0.1) is 0 Å². The molecule has 1 aliphatic rings. The molecule has 0 radical (unpaired) electrons. The van der Waals surface area contributed by atoms with Crippen LogP contribution >= 0.6 is 15.9 Å². The summed E-state index contributed by atoms with van der Waals surface area (Å²) in [6.45, 7) is 2.06. The third-order valence-electron chi connectivity index (χ3n) is 5.41. The molecule has 1 N–H and O–H groups in total. The SMILES string of the molecule is O=C(COc1ccc(-c2ccccc2)cc1)N/N=C/c1ccc(OCC(=O)N2CCOCC2)c(Br)c1. The molecule has 186 valence electrons. The number of nitrogens with zero attached hydrogens (tertiary/aromatic N) is 2. The standard InChI is InChI=1S/C27H26BrN3O5/c28-24-16-20(6-11-25(24)36-19-27(33)31-12-14-34-15-13-31)17-29-30-26(32)18-35-23-9-7-22(8-10-23)21-4-2-1-3-5-21/h1-11,16-17H,12-15,18-19H2,(H,30,32)/b29-17+. The van der Waals surface area contributed by atoms with E-state index in [0.717, 1.165) is 16.7 Å². The minimum absolute atomic E-state index is 0.0446. The Morgan fingerprint density at radius 1 is 0.944 bits per heavy atom. The van der Waals surface area contributed by atoms with Gasteiger partial charge in [0.2, 0.25) is 0 Å². The second kappa shape index (κ2) is 12.9. The lowest BCUT2D eigenvalue weighted by atomic mass is 10.1. The number of carbonyl (C=O) groups excluding carboxylic acids is 2. The second-order valence-corrected chi connectivity index (χ2v) is 8.80. The first-order valence-corrected chi connectivity index (χ1v) is 12.3. The number of amides is 2. The molecule has 4 rings (SSSR count). The van der Waals surface area contributed by atoms with Crippen molar-refractivity contribution in [2.75, 3.05) is 39.5 Å². The maximum Gasteiger partial charge on any atom is 0.277 e. The van der Waals surface area contributed by atoms with Crippen LogP contribution in [-0.2, 0) is 14.3 Å². The van der Waals surface area contributed by atoms with Gasteiger partial charge in [0.1, 0.15) is 11.5 Å². The Kier molecular flexibility index (Phi) is 9.07. The zero-order valence-electron chi connectivity index (χ0n) is 19.6. The molecule has 2 amide bonds. The normalized spacial score (nSPS) is 13.4. The van der Waals surface area contributed by atoms with E-state index < -0.39 is 0 Å². The molecule has 3 aromatic carbocycles. The minimum atomic E-state index is -0.376. The average Bonchev–Trinajstić information content (AvgIpc) is 2.92. The van der Waals surface area contributed by atoms with Gasteiger partial charge in [0, 0.05) is 13.1 Å². The Bertz CT molecular complexity index is 1200. The van der Waals surface area contributed by atoms with E-state index in [1.165, 1.54) is 6.21 Å². The Labute approximate surface area is 218 Å². The van der Waals surface area contributed by atoms with Gasteiger partial charge in [0.05, 0.1) is 23.9 Å². The van der Waals surface area contributed by atoms with Gasteiger partial charge >= 0.3 is 0 Å². The summed E-state index contributed by atoms with van der Waals surface area (Å²) in [5, 5.41) is 3.97. The van der Waals surface area contributed by atoms with Crippen molar-refractivity contribution >= 4 is 34.0 Å². The Morgan fingerprint density at radius 3 is 2.39 bits per heavy atom. The topological polar surface area (TPSA) is 89.5 Å². The molecule has 1 heterocycles. The minimum Gasteiger partial charge on any atom is -0.484 e. The van der Waals surface area contributed by atoms with Crippen molar-refractivity contribution in [1.82, 2.24) is 10.3 Å². The van der Waals surface area contributed by atoms with Crippen LogP contribution in [0.5, 0.6) is 11.5 Å². The van der Waals surface area contributed by atoms with E-state index in [1.54, 1.807) is 23.1 Å². The molecular weight excluding hydrogens is 526 g/mol. The third-order valence-corrected chi connectivity index (χ3v) is 6.02. The molecule has 0 saturated carbocycles. The zero-order valence-corrected chi connectivity index (χ0v) is 21.1. The highest BCUT2D eigenvalue weighted by Gasteiger charge is 2.17. The molecule has 0 unspecified atom stereocenters. The van der Waals surface area contributed by atoms with Crippen molar-refractivity contribution in [3.63, 3.8) is 0 Å². The molecule has 3 aromatic rings. The number of hydrogen-bond donors (Lipinski definition) is 1.